The molecule has 1 saturated heterocycles. The molecule has 8 heteroatoms. The summed E-state index contributed by atoms with van der Waals surface area (Å²) in [6, 6.07) is 3.52. The predicted molar refractivity (Wildman–Crippen MR) is 84.5 cm³/mol. The van der Waals surface area contributed by atoms with Crippen LogP contribution in [0.2, 0.25) is 0 Å². The molecular weight excluding hydrogens is 296 g/mol. The van der Waals surface area contributed by atoms with Gasteiger partial charge in [-0.05, 0) is 6.07 Å². The minimum atomic E-state index is -0.0583. The third kappa shape index (κ3) is 3.25. The number of nitrogens with zero attached hydrogens (tertiary/aromatic N) is 6. The number of amides is 1. The molecule has 122 valence electrons. The number of anilines is 1. The summed E-state index contributed by atoms with van der Waals surface area (Å²) >= 11 is 0. The summed E-state index contributed by atoms with van der Waals surface area (Å²) in [6.07, 6.45) is 3.83. The zero-order valence-corrected chi connectivity index (χ0v) is 13.5. The van der Waals surface area contributed by atoms with E-state index in [0.717, 1.165) is 12.2 Å². The minimum absolute atomic E-state index is 0.0206. The van der Waals surface area contributed by atoms with Gasteiger partial charge in [0.15, 0.2) is 0 Å². The molecule has 8 nitrogen and oxygen atoms in total. The van der Waals surface area contributed by atoms with Crippen LogP contribution in [-0.4, -0.2) is 63.8 Å². The van der Waals surface area contributed by atoms with E-state index in [4.69, 9.17) is 4.74 Å². The van der Waals surface area contributed by atoms with Crippen molar-refractivity contribution < 1.29 is 9.53 Å². The molecule has 1 amide bonds. The van der Waals surface area contributed by atoms with E-state index in [9.17, 15) is 4.79 Å². The van der Waals surface area contributed by atoms with Gasteiger partial charge in [0, 0.05) is 46.4 Å². The molecule has 1 aliphatic rings. The van der Waals surface area contributed by atoms with Crippen molar-refractivity contribution in [1.82, 2.24) is 24.6 Å². The highest BCUT2D eigenvalue weighted by molar-refractivity contribution is 5.92. The third-order valence-electron chi connectivity index (χ3n) is 3.85. The molecule has 0 aromatic carbocycles. The molecule has 0 aliphatic carbocycles. The molecule has 0 unspecified atom stereocenters. The van der Waals surface area contributed by atoms with Gasteiger partial charge in [-0.3, -0.25) is 9.48 Å². The Morgan fingerprint density at radius 1 is 1.39 bits per heavy atom. The van der Waals surface area contributed by atoms with Crippen LogP contribution in [0.5, 0.6) is 5.88 Å². The Morgan fingerprint density at radius 2 is 2.22 bits per heavy atom. The van der Waals surface area contributed by atoms with Gasteiger partial charge in [0.05, 0.1) is 6.54 Å². The maximum absolute atomic E-state index is 12.4. The van der Waals surface area contributed by atoms with Crippen molar-refractivity contribution in [2.75, 3.05) is 32.1 Å². The average molecular weight is 316 g/mol. The largest absolute Gasteiger partial charge is 0.472 e. The number of aryl methyl sites for hydroxylation is 1. The van der Waals surface area contributed by atoms with Crippen LogP contribution in [0.15, 0.2) is 24.7 Å². The molecule has 0 N–H and O–H groups in total. The molecule has 3 heterocycles. The second-order valence-electron chi connectivity index (χ2n) is 5.73. The second kappa shape index (κ2) is 6.23. The van der Waals surface area contributed by atoms with Gasteiger partial charge in [-0.15, -0.1) is 0 Å². The Bertz CT molecular complexity index is 699. The fraction of sp³-hybridized carbons (Fsp3) is 0.467. The molecule has 23 heavy (non-hydrogen) atoms. The Balaban J connectivity index is 1.63. The van der Waals surface area contributed by atoms with Crippen LogP contribution in [0.1, 0.15) is 16.9 Å². The lowest BCUT2D eigenvalue weighted by Crippen LogP contribution is -2.32. The van der Waals surface area contributed by atoms with E-state index < -0.39 is 0 Å². The van der Waals surface area contributed by atoms with Gasteiger partial charge in [0.1, 0.15) is 23.9 Å². The third-order valence-corrected chi connectivity index (χ3v) is 3.85. The SMILES string of the molecule is CN(C)c1cc(O[C@@H]2CCN(C(=O)c3ccnn3C)C2)ncn1. The minimum Gasteiger partial charge on any atom is -0.472 e. The van der Waals surface area contributed by atoms with E-state index in [-0.39, 0.29) is 12.0 Å². The molecule has 0 radical (unpaired) electrons. The van der Waals surface area contributed by atoms with E-state index in [1.54, 1.807) is 35.0 Å². The Kier molecular flexibility index (Phi) is 4.14. The van der Waals surface area contributed by atoms with Crippen LogP contribution >= 0.6 is 0 Å². The molecule has 1 fully saturated rings. The van der Waals surface area contributed by atoms with Crippen molar-refractivity contribution in [1.29, 1.82) is 0 Å². The highest BCUT2D eigenvalue weighted by atomic mass is 16.5. The number of hydrogen-bond donors (Lipinski definition) is 0. The molecule has 0 spiro atoms. The number of aromatic nitrogens is 4. The number of ether oxygens (including phenoxy) is 1. The standard InChI is InChI=1S/C15H20N6O2/c1-19(2)13-8-14(17-10-16-13)23-11-5-7-21(9-11)15(22)12-4-6-18-20(12)3/h4,6,8,10-11H,5,7,9H2,1-3H3/t11-/m1/s1. The number of carbonyl (C=O) groups is 1. The summed E-state index contributed by atoms with van der Waals surface area (Å²) in [5.74, 6) is 1.30. The molecule has 2 aromatic rings. The zero-order chi connectivity index (χ0) is 16.4. The van der Waals surface area contributed by atoms with Crippen molar-refractivity contribution >= 4 is 11.7 Å². The summed E-state index contributed by atoms with van der Waals surface area (Å²) in [4.78, 5) is 24.4. The van der Waals surface area contributed by atoms with Gasteiger partial charge in [-0.2, -0.15) is 5.10 Å². The lowest BCUT2D eigenvalue weighted by Gasteiger charge is -2.17. The van der Waals surface area contributed by atoms with Gasteiger partial charge in [-0.25, -0.2) is 9.97 Å². The molecule has 0 saturated carbocycles. The Labute approximate surface area is 134 Å². The summed E-state index contributed by atoms with van der Waals surface area (Å²) in [6.45, 7) is 1.21. The topological polar surface area (TPSA) is 76.4 Å². The first-order valence-corrected chi connectivity index (χ1v) is 7.48. The van der Waals surface area contributed by atoms with E-state index in [1.165, 1.54) is 6.33 Å². The van der Waals surface area contributed by atoms with Gasteiger partial charge in [-0.1, -0.05) is 0 Å². The highest BCUT2D eigenvalue weighted by Crippen LogP contribution is 2.20. The first-order valence-electron chi connectivity index (χ1n) is 7.48. The van der Waals surface area contributed by atoms with E-state index in [2.05, 4.69) is 15.1 Å². The van der Waals surface area contributed by atoms with Crippen LogP contribution in [0.25, 0.3) is 0 Å². The molecule has 1 aliphatic heterocycles. The lowest BCUT2D eigenvalue weighted by atomic mass is 10.3. The molecule has 2 aromatic heterocycles. The highest BCUT2D eigenvalue weighted by Gasteiger charge is 2.29. The van der Waals surface area contributed by atoms with Gasteiger partial charge < -0.3 is 14.5 Å². The van der Waals surface area contributed by atoms with Crippen molar-refractivity contribution in [2.45, 2.75) is 12.5 Å². The van der Waals surface area contributed by atoms with Crippen LogP contribution in [0.4, 0.5) is 5.82 Å². The predicted octanol–water partition coefficient (Wildman–Crippen LogP) is 0.570. The maximum Gasteiger partial charge on any atom is 0.272 e. The summed E-state index contributed by atoms with van der Waals surface area (Å²) in [7, 11) is 5.59. The van der Waals surface area contributed by atoms with Crippen LogP contribution in [0, 0.1) is 0 Å². The maximum atomic E-state index is 12.4. The second-order valence-corrected chi connectivity index (χ2v) is 5.73. The number of likely N-dealkylation sites (tertiary alicyclic amines) is 1. The van der Waals surface area contributed by atoms with Crippen LogP contribution < -0.4 is 9.64 Å². The Morgan fingerprint density at radius 3 is 2.91 bits per heavy atom. The van der Waals surface area contributed by atoms with Crippen molar-refractivity contribution in [3.63, 3.8) is 0 Å². The van der Waals surface area contributed by atoms with Gasteiger partial charge in [0.25, 0.3) is 5.91 Å². The van der Waals surface area contributed by atoms with E-state index in [1.807, 2.05) is 19.0 Å². The van der Waals surface area contributed by atoms with Crippen LogP contribution in [-0.2, 0) is 7.05 Å². The van der Waals surface area contributed by atoms with Gasteiger partial charge >= 0.3 is 0 Å². The quantitative estimate of drug-likeness (QED) is 0.821. The Hall–Kier alpha value is -2.64. The first kappa shape index (κ1) is 15.3. The van der Waals surface area contributed by atoms with Crippen LogP contribution in [0.3, 0.4) is 0 Å². The number of rotatable bonds is 4. The molecular formula is C15H20N6O2. The smallest absolute Gasteiger partial charge is 0.272 e. The zero-order valence-electron chi connectivity index (χ0n) is 13.5. The van der Waals surface area contributed by atoms with Crippen molar-refractivity contribution in [3.05, 3.63) is 30.4 Å². The molecule has 3 rings (SSSR count). The normalized spacial score (nSPS) is 17.3. The fourth-order valence-electron chi connectivity index (χ4n) is 2.56. The summed E-state index contributed by atoms with van der Waals surface area (Å²) < 4.78 is 7.49. The number of hydrogen-bond acceptors (Lipinski definition) is 6. The molecule has 1 atom stereocenters. The van der Waals surface area contributed by atoms with Gasteiger partial charge in [0.2, 0.25) is 5.88 Å². The van der Waals surface area contributed by atoms with Crippen molar-refractivity contribution in [3.8, 4) is 5.88 Å². The summed E-state index contributed by atoms with van der Waals surface area (Å²) in [5, 5.41) is 4.04. The lowest BCUT2D eigenvalue weighted by molar-refractivity contribution is 0.0760. The van der Waals surface area contributed by atoms with E-state index >= 15 is 0 Å². The first-order chi connectivity index (χ1) is 11.0. The van der Waals surface area contributed by atoms with E-state index in [0.29, 0.717) is 24.7 Å². The molecule has 0 bridgehead atoms. The fourth-order valence-corrected chi connectivity index (χ4v) is 2.56. The summed E-state index contributed by atoms with van der Waals surface area (Å²) in [5.41, 5.74) is 0.586. The monoisotopic (exact) mass is 316 g/mol. The van der Waals surface area contributed by atoms with Crippen molar-refractivity contribution in [2.24, 2.45) is 7.05 Å². The number of carbonyl (C=O) groups excluding carboxylic acids is 1. The average Bonchev–Trinajstić information content (AvgIpc) is 3.16.